The van der Waals surface area contributed by atoms with E-state index < -0.39 is 0 Å². The van der Waals surface area contributed by atoms with Crippen molar-refractivity contribution in [3.05, 3.63) is 38.8 Å². The molecule has 0 fully saturated rings. The van der Waals surface area contributed by atoms with Crippen LogP contribution < -0.4 is 0 Å². The SMILES string of the molecule is O=[C]CC=Cc1ccc(Cl)c(Cl)c1Cl. The van der Waals surface area contributed by atoms with Gasteiger partial charge in [-0.05, 0) is 11.6 Å². The van der Waals surface area contributed by atoms with Gasteiger partial charge in [-0.2, -0.15) is 0 Å². The Labute approximate surface area is 97.3 Å². The standard InChI is InChI=1S/C10H6Cl3O/c11-8-5-4-7(3-1-2-6-14)9(12)10(8)13/h1,3-5H,2H2. The Bertz CT molecular complexity index is 372. The van der Waals surface area contributed by atoms with Gasteiger partial charge in [0.05, 0.1) is 15.1 Å². The maximum atomic E-state index is 9.94. The van der Waals surface area contributed by atoms with Crippen LogP contribution in [0.1, 0.15) is 12.0 Å². The van der Waals surface area contributed by atoms with Crippen molar-refractivity contribution in [2.45, 2.75) is 6.42 Å². The third-order valence-corrected chi connectivity index (χ3v) is 2.87. The Morgan fingerprint density at radius 2 is 1.93 bits per heavy atom. The highest BCUT2D eigenvalue weighted by Gasteiger charge is 2.05. The summed E-state index contributed by atoms with van der Waals surface area (Å²) in [6, 6.07) is 3.39. The van der Waals surface area contributed by atoms with Crippen LogP contribution in [0, 0.1) is 0 Å². The minimum absolute atomic E-state index is 0.233. The van der Waals surface area contributed by atoms with Crippen LogP contribution in [0.3, 0.4) is 0 Å². The van der Waals surface area contributed by atoms with Gasteiger partial charge in [0.25, 0.3) is 0 Å². The molecule has 0 aliphatic rings. The normalized spacial score (nSPS) is 10.8. The molecule has 1 nitrogen and oxygen atoms in total. The second-order valence-corrected chi connectivity index (χ2v) is 3.68. The van der Waals surface area contributed by atoms with Crippen molar-refractivity contribution in [1.82, 2.24) is 0 Å². The summed E-state index contributed by atoms with van der Waals surface area (Å²) in [6.07, 6.45) is 5.33. The highest BCUT2D eigenvalue weighted by molar-refractivity contribution is 6.48. The number of hydrogen-bond acceptors (Lipinski definition) is 1. The van der Waals surface area contributed by atoms with Gasteiger partial charge < -0.3 is 0 Å². The molecule has 0 saturated heterocycles. The van der Waals surface area contributed by atoms with Gasteiger partial charge in [-0.15, -0.1) is 0 Å². The molecular formula is C10H6Cl3O. The molecule has 0 heterocycles. The van der Waals surface area contributed by atoms with E-state index in [1.54, 1.807) is 30.6 Å². The second kappa shape index (κ2) is 5.40. The third-order valence-electron chi connectivity index (χ3n) is 1.56. The van der Waals surface area contributed by atoms with E-state index >= 15 is 0 Å². The Morgan fingerprint density at radius 1 is 1.21 bits per heavy atom. The molecule has 14 heavy (non-hydrogen) atoms. The molecular weight excluding hydrogens is 242 g/mol. The fraction of sp³-hybridized carbons (Fsp3) is 0.100. The molecule has 0 saturated carbocycles. The number of halogens is 3. The van der Waals surface area contributed by atoms with E-state index in [1.807, 2.05) is 0 Å². The van der Waals surface area contributed by atoms with Crippen LogP contribution in [0.25, 0.3) is 6.08 Å². The Morgan fingerprint density at radius 3 is 2.57 bits per heavy atom. The predicted octanol–water partition coefficient (Wildman–Crippen LogP) is 4.16. The summed E-state index contributed by atoms with van der Waals surface area (Å²) in [5.41, 5.74) is 0.733. The maximum Gasteiger partial charge on any atom is 0.202 e. The molecule has 0 aromatic heterocycles. The van der Waals surface area contributed by atoms with Crippen LogP contribution in [0.4, 0.5) is 0 Å². The average molecular weight is 249 g/mol. The molecule has 0 amide bonds. The van der Waals surface area contributed by atoms with Crippen LogP contribution in [0.2, 0.25) is 15.1 Å². The Kier molecular flexibility index (Phi) is 4.46. The third kappa shape index (κ3) is 2.74. The first-order chi connectivity index (χ1) is 6.66. The molecule has 0 unspecified atom stereocenters. The van der Waals surface area contributed by atoms with Gasteiger partial charge in [-0.1, -0.05) is 53.0 Å². The van der Waals surface area contributed by atoms with Crippen molar-refractivity contribution < 1.29 is 4.79 Å². The zero-order chi connectivity index (χ0) is 10.6. The molecule has 0 aliphatic heterocycles. The minimum atomic E-state index is 0.233. The summed E-state index contributed by atoms with van der Waals surface area (Å²) in [7, 11) is 0. The van der Waals surface area contributed by atoms with Gasteiger partial charge in [0.15, 0.2) is 0 Å². The molecule has 73 valence electrons. The molecule has 0 atom stereocenters. The molecule has 4 heteroatoms. The molecule has 1 aromatic rings. The zero-order valence-electron chi connectivity index (χ0n) is 7.06. The number of hydrogen-bond donors (Lipinski definition) is 0. The van der Waals surface area contributed by atoms with Crippen LogP contribution in [-0.4, -0.2) is 6.29 Å². The van der Waals surface area contributed by atoms with E-state index in [-0.39, 0.29) is 6.42 Å². The van der Waals surface area contributed by atoms with E-state index in [2.05, 4.69) is 0 Å². The number of rotatable bonds is 3. The van der Waals surface area contributed by atoms with Gasteiger partial charge in [-0.3, -0.25) is 4.79 Å². The summed E-state index contributed by atoms with van der Waals surface area (Å²) < 4.78 is 0. The number of carbonyl (C=O) groups excluding carboxylic acids is 1. The smallest absolute Gasteiger partial charge is 0.202 e. The monoisotopic (exact) mass is 247 g/mol. The van der Waals surface area contributed by atoms with Crippen molar-refractivity contribution in [2.24, 2.45) is 0 Å². The average Bonchev–Trinajstić information content (AvgIpc) is 2.18. The topological polar surface area (TPSA) is 17.1 Å². The van der Waals surface area contributed by atoms with E-state index in [9.17, 15) is 4.79 Å². The maximum absolute atomic E-state index is 9.94. The first-order valence-corrected chi connectivity index (χ1v) is 4.95. The molecule has 1 aromatic carbocycles. The van der Waals surface area contributed by atoms with Gasteiger partial charge >= 0.3 is 0 Å². The zero-order valence-corrected chi connectivity index (χ0v) is 9.33. The summed E-state index contributed by atoms with van der Waals surface area (Å²) in [4.78, 5) is 9.94. The molecule has 0 bridgehead atoms. The van der Waals surface area contributed by atoms with E-state index in [0.717, 1.165) is 5.56 Å². The predicted molar refractivity (Wildman–Crippen MR) is 60.8 cm³/mol. The number of benzene rings is 1. The van der Waals surface area contributed by atoms with E-state index in [1.165, 1.54) is 0 Å². The molecule has 1 rings (SSSR count). The lowest BCUT2D eigenvalue weighted by Crippen LogP contribution is -1.78. The van der Waals surface area contributed by atoms with Gasteiger partial charge in [0.2, 0.25) is 6.29 Å². The highest BCUT2D eigenvalue weighted by Crippen LogP contribution is 2.33. The summed E-state index contributed by atoms with van der Waals surface area (Å²) >= 11 is 17.5. The van der Waals surface area contributed by atoms with E-state index in [0.29, 0.717) is 15.1 Å². The summed E-state index contributed by atoms with van der Waals surface area (Å²) in [5, 5.41) is 1.13. The van der Waals surface area contributed by atoms with Crippen LogP contribution >= 0.6 is 34.8 Å². The van der Waals surface area contributed by atoms with Crippen molar-refractivity contribution in [3.63, 3.8) is 0 Å². The van der Waals surface area contributed by atoms with Crippen molar-refractivity contribution in [2.75, 3.05) is 0 Å². The van der Waals surface area contributed by atoms with Gasteiger partial charge in [-0.25, -0.2) is 0 Å². The summed E-state index contributed by atoms with van der Waals surface area (Å²) in [5.74, 6) is 0. The fourth-order valence-corrected chi connectivity index (χ4v) is 1.51. The molecule has 1 radical (unpaired) electrons. The largest absolute Gasteiger partial charge is 0.291 e. The van der Waals surface area contributed by atoms with Gasteiger partial charge in [0, 0.05) is 6.42 Å². The number of allylic oxidation sites excluding steroid dienone is 1. The molecule has 0 N–H and O–H groups in total. The van der Waals surface area contributed by atoms with Crippen molar-refractivity contribution >= 4 is 47.2 Å². The Hall–Kier alpha value is -0.500. The van der Waals surface area contributed by atoms with Crippen LogP contribution in [-0.2, 0) is 4.79 Å². The van der Waals surface area contributed by atoms with Crippen molar-refractivity contribution in [3.8, 4) is 0 Å². The fourth-order valence-electron chi connectivity index (χ4n) is 0.904. The summed E-state index contributed by atoms with van der Waals surface area (Å²) in [6.45, 7) is 0. The second-order valence-electron chi connectivity index (χ2n) is 2.52. The highest BCUT2D eigenvalue weighted by atomic mass is 35.5. The first-order valence-electron chi connectivity index (χ1n) is 3.82. The lowest BCUT2D eigenvalue weighted by atomic mass is 10.2. The first kappa shape index (κ1) is 11.6. The van der Waals surface area contributed by atoms with E-state index in [4.69, 9.17) is 34.8 Å². The lowest BCUT2D eigenvalue weighted by Gasteiger charge is -2.02. The van der Waals surface area contributed by atoms with Gasteiger partial charge in [0.1, 0.15) is 0 Å². The Balaban J connectivity index is 2.99. The molecule has 0 spiro atoms. The van der Waals surface area contributed by atoms with Crippen LogP contribution in [0.5, 0.6) is 0 Å². The lowest BCUT2D eigenvalue weighted by molar-refractivity contribution is 0.556. The quantitative estimate of drug-likeness (QED) is 0.734. The molecule has 0 aliphatic carbocycles. The van der Waals surface area contributed by atoms with Crippen LogP contribution in [0.15, 0.2) is 18.2 Å². The minimum Gasteiger partial charge on any atom is -0.291 e. The van der Waals surface area contributed by atoms with Crippen molar-refractivity contribution in [1.29, 1.82) is 0 Å².